The summed E-state index contributed by atoms with van der Waals surface area (Å²) >= 11 is 0. The molecule has 0 spiro atoms. The van der Waals surface area contributed by atoms with Crippen LogP contribution in [-0.4, -0.2) is 16.1 Å². The lowest BCUT2D eigenvalue weighted by atomic mass is 10.1. The molecule has 0 saturated carbocycles. The number of hydrogen-bond donors (Lipinski definition) is 2. The van der Waals surface area contributed by atoms with Gasteiger partial charge in [-0.05, 0) is 25.8 Å². The van der Waals surface area contributed by atoms with Crippen molar-refractivity contribution in [3.05, 3.63) is 23.8 Å². The lowest BCUT2D eigenvalue weighted by molar-refractivity contribution is -0.135. The van der Waals surface area contributed by atoms with Crippen LogP contribution in [0.15, 0.2) is 12.3 Å². The molecule has 1 aromatic rings. The monoisotopic (exact) mass is 248 g/mol. The fourth-order valence-corrected chi connectivity index (χ4v) is 1.49. The normalized spacial score (nSPS) is 13.7. The maximum atomic E-state index is 12.0. The van der Waals surface area contributed by atoms with Crippen LogP contribution in [0.2, 0.25) is 0 Å². The molecule has 1 heterocycles. The standard InChI is InChI=1S/C10H15F3N4/c1-7-15-6-4-8(16-7)9(17-14)3-2-5-10(11,12)13/h4,6,9,17H,2-3,5,14H2,1H3. The lowest BCUT2D eigenvalue weighted by Gasteiger charge is -2.15. The summed E-state index contributed by atoms with van der Waals surface area (Å²) in [6, 6.07) is 1.27. The van der Waals surface area contributed by atoms with Crippen LogP contribution in [0.25, 0.3) is 0 Å². The predicted octanol–water partition coefficient (Wildman–Crippen LogP) is 2.02. The average molecular weight is 248 g/mol. The second kappa shape index (κ2) is 5.92. The molecule has 4 nitrogen and oxygen atoms in total. The average Bonchev–Trinajstić information content (AvgIpc) is 2.23. The number of alkyl halides is 3. The number of nitrogens with two attached hydrogens (primary N) is 1. The minimum atomic E-state index is -4.12. The van der Waals surface area contributed by atoms with Gasteiger partial charge in [-0.15, -0.1) is 0 Å². The number of nitrogens with zero attached hydrogens (tertiary/aromatic N) is 2. The predicted molar refractivity (Wildman–Crippen MR) is 56.7 cm³/mol. The van der Waals surface area contributed by atoms with Crippen molar-refractivity contribution in [3.8, 4) is 0 Å². The van der Waals surface area contributed by atoms with Crippen molar-refractivity contribution >= 4 is 0 Å². The minimum Gasteiger partial charge on any atom is -0.271 e. The first-order chi connectivity index (χ1) is 7.92. The van der Waals surface area contributed by atoms with Crippen LogP contribution < -0.4 is 11.3 Å². The fraction of sp³-hybridized carbons (Fsp3) is 0.600. The van der Waals surface area contributed by atoms with Gasteiger partial charge in [-0.3, -0.25) is 11.3 Å². The van der Waals surface area contributed by atoms with Crippen molar-refractivity contribution in [1.82, 2.24) is 15.4 Å². The first-order valence-corrected chi connectivity index (χ1v) is 5.25. The smallest absolute Gasteiger partial charge is 0.271 e. The Kier molecular flexibility index (Phi) is 4.83. The quantitative estimate of drug-likeness (QED) is 0.618. The number of hydrazine groups is 1. The number of aromatic nitrogens is 2. The van der Waals surface area contributed by atoms with Crippen LogP contribution in [0.1, 0.15) is 36.8 Å². The van der Waals surface area contributed by atoms with Crippen molar-refractivity contribution in [2.24, 2.45) is 5.84 Å². The van der Waals surface area contributed by atoms with Gasteiger partial charge in [0.1, 0.15) is 5.82 Å². The van der Waals surface area contributed by atoms with Crippen LogP contribution in [0.5, 0.6) is 0 Å². The zero-order valence-corrected chi connectivity index (χ0v) is 9.46. The van der Waals surface area contributed by atoms with Crippen LogP contribution in [0.3, 0.4) is 0 Å². The van der Waals surface area contributed by atoms with Gasteiger partial charge in [0, 0.05) is 12.6 Å². The third-order valence-corrected chi connectivity index (χ3v) is 2.31. The molecule has 0 saturated heterocycles. The Morgan fingerprint density at radius 3 is 2.71 bits per heavy atom. The van der Waals surface area contributed by atoms with Crippen LogP contribution in [-0.2, 0) is 0 Å². The zero-order valence-electron chi connectivity index (χ0n) is 9.46. The van der Waals surface area contributed by atoms with Gasteiger partial charge in [-0.1, -0.05) is 0 Å². The lowest BCUT2D eigenvalue weighted by Crippen LogP contribution is -2.29. The minimum absolute atomic E-state index is 0.0153. The Bertz CT molecular complexity index is 354. The van der Waals surface area contributed by atoms with Gasteiger partial charge >= 0.3 is 6.18 Å². The molecule has 0 aliphatic heterocycles. The Balaban J connectivity index is 2.54. The number of halogens is 3. The highest BCUT2D eigenvalue weighted by molar-refractivity contribution is 5.06. The third-order valence-electron chi connectivity index (χ3n) is 2.31. The van der Waals surface area contributed by atoms with Crippen molar-refractivity contribution in [2.45, 2.75) is 38.4 Å². The Labute approximate surface area is 97.4 Å². The Hall–Kier alpha value is -1.21. The van der Waals surface area contributed by atoms with E-state index in [0.29, 0.717) is 11.5 Å². The molecule has 0 aliphatic carbocycles. The first-order valence-electron chi connectivity index (χ1n) is 5.25. The van der Waals surface area contributed by atoms with Crippen molar-refractivity contribution in [2.75, 3.05) is 0 Å². The van der Waals surface area contributed by atoms with E-state index in [1.54, 1.807) is 19.2 Å². The molecule has 1 rings (SSSR count). The summed E-state index contributed by atoms with van der Waals surface area (Å²) in [6.07, 6.45) is -3.07. The molecule has 96 valence electrons. The van der Waals surface area contributed by atoms with Crippen molar-refractivity contribution in [1.29, 1.82) is 0 Å². The van der Waals surface area contributed by atoms with Gasteiger partial charge in [0.25, 0.3) is 0 Å². The summed E-state index contributed by atoms with van der Waals surface area (Å²) in [6.45, 7) is 1.72. The highest BCUT2D eigenvalue weighted by Crippen LogP contribution is 2.25. The molecule has 1 atom stereocenters. The largest absolute Gasteiger partial charge is 0.389 e. The second-order valence-electron chi connectivity index (χ2n) is 3.76. The summed E-state index contributed by atoms with van der Waals surface area (Å²) in [5.41, 5.74) is 3.09. The summed E-state index contributed by atoms with van der Waals surface area (Å²) in [4.78, 5) is 8.04. The van der Waals surface area contributed by atoms with E-state index >= 15 is 0 Å². The fourth-order valence-electron chi connectivity index (χ4n) is 1.49. The number of nitrogens with one attached hydrogen (secondary N) is 1. The van der Waals surface area contributed by atoms with E-state index in [4.69, 9.17) is 5.84 Å². The first kappa shape index (κ1) is 13.9. The molecule has 0 radical (unpaired) electrons. The third kappa shape index (κ3) is 5.10. The van der Waals surface area contributed by atoms with E-state index < -0.39 is 12.6 Å². The Morgan fingerprint density at radius 1 is 1.47 bits per heavy atom. The zero-order chi connectivity index (χ0) is 12.9. The van der Waals surface area contributed by atoms with Gasteiger partial charge in [-0.25, -0.2) is 9.97 Å². The van der Waals surface area contributed by atoms with E-state index in [1.165, 1.54) is 0 Å². The maximum Gasteiger partial charge on any atom is 0.389 e. The van der Waals surface area contributed by atoms with Crippen molar-refractivity contribution < 1.29 is 13.2 Å². The SMILES string of the molecule is Cc1nccc(C(CCCC(F)(F)F)NN)n1. The van der Waals surface area contributed by atoms with E-state index in [-0.39, 0.29) is 18.9 Å². The van der Waals surface area contributed by atoms with E-state index in [0.717, 1.165) is 0 Å². The number of rotatable bonds is 5. The molecule has 0 amide bonds. The van der Waals surface area contributed by atoms with Gasteiger partial charge in [-0.2, -0.15) is 13.2 Å². The summed E-state index contributed by atoms with van der Waals surface area (Å²) in [5, 5.41) is 0. The van der Waals surface area contributed by atoms with E-state index in [2.05, 4.69) is 15.4 Å². The molecule has 0 bridgehead atoms. The van der Waals surface area contributed by atoms with Gasteiger partial charge < -0.3 is 0 Å². The van der Waals surface area contributed by atoms with E-state index in [9.17, 15) is 13.2 Å². The number of aryl methyl sites for hydroxylation is 1. The second-order valence-corrected chi connectivity index (χ2v) is 3.76. The van der Waals surface area contributed by atoms with Crippen molar-refractivity contribution in [3.63, 3.8) is 0 Å². The molecule has 0 aromatic carbocycles. The molecule has 7 heteroatoms. The molecule has 0 fully saturated rings. The van der Waals surface area contributed by atoms with Crippen LogP contribution >= 0.6 is 0 Å². The van der Waals surface area contributed by atoms with Gasteiger partial charge in [0.2, 0.25) is 0 Å². The molecule has 17 heavy (non-hydrogen) atoms. The highest BCUT2D eigenvalue weighted by Gasteiger charge is 2.26. The molecule has 3 N–H and O–H groups in total. The number of hydrogen-bond acceptors (Lipinski definition) is 4. The topological polar surface area (TPSA) is 63.8 Å². The molecule has 1 unspecified atom stereocenters. The summed E-state index contributed by atoms with van der Waals surface area (Å²) in [5.74, 6) is 5.88. The van der Waals surface area contributed by atoms with Gasteiger partial charge in [0.05, 0.1) is 11.7 Å². The molecular formula is C10H15F3N4. The van der Waals surface area contributed by atoms with Gasteiger partial charge in [0.15, 0.2) is 0 Å². The molecule has 0 aliphatic rings. The van der Waals surface area contributed by atoms with Crippen LogP contribution in [0.4, 0.5) is 13.2 Å². The maximum absolute atomic E-state index is 12.0. The molecule has 1 aromatic heterocycles. The van der Waals surface area contributed by atoms with Crippen LogP contribution in [0, 0.1) is 6.92 Å². The summed E-state index contributed by atoms with van der Waals surface area (Å²) < 4.78 is 36.0. The van der Waals surface area contributed by atoms with E-state index in [1.807, 2.05) is 0 Å². The highest BCUT2D eigenvalue weighted by atomic mass is 19.4. The Morgan fingerprint density at radius 2 is 2.18 bits per heavy atom. The molecular weight excluding hydrogens is 233 g/mol. The summed E-state index contributed by atoms with van der Waals surface area (Å²) in [7, 11) is 0.